The molecule has 2 N–H and O–H groups in total. The normalized spacial score (nSPS) is 12.3. The van der Waals surface area contributed by atoms with Crippen molar-refractivity contribution in [2.45, 2.75) is 46.1 Å². The second-order valence-corrected chi connectivity index (χ2v) is 5.88. The molecule has 1 aromatic heterocycles. The Morgan fingerprint density at radius 1 is 1.26 bits per heavy atom. The third kappa shape index (κ3) is 4.65. The van der Waals surface area contributed by atoms with Gasteiger partial charge in [0.1, 0.15) is 0 Å². The summed E-state index contributed by atoms with van der Waals surface area (Å²) in [5.41, 5.74) is 0.624. The molecule has 0 radical (unpaired) electrons. The van der Waals surface area contributed by atoms with Gasteiger partial charge in [0.15, 0.2) is 0 Å². The number of aromatic hydroxyl groups is 1. The van der Waals surface area contributed by atoms with E-state index in [1.807, 2.05) is 30.3 Å². The first-order valence-electron chi connectivity index (χ1n) is 8.34. The summed E-state index contributed by atoms with van der Waals surface area (Å²) in [6.07, 6.45) is 4.44. The van der Waals surface area contributed by atoms with E-state index in [2.05, 4.69) is 18.8 Å². The molecule has 0 saturated heterocycles. The van der Waals surface area contributed by atoms with Gasteiger partial charge in [-0.3, -0.25) is 9.55 Å². The lowest BCUT2D eigenvalue weighted by Crippen LogP contribution is -2.20. The number of nitrogens with zero attached hydrogens (tertiary/aromatic N) is 1. The smallest absolute Gasteiger partial charge is 0.331 e. The standard InChI is InChI=1S/C18H26N2O3/c1-3-5-9-14(4-2)13-23-17-16(21)19-18(22)20(17)12-15-10-7-6-8-11-15/h6-8,10-11,14,21H,3-5,9,12-13H2,1-2H3,(H,19,22). The topological polar surface area (TPSA) is 67.2 Å². The van der Waals surface area contributed by atoms with Crippen molar-refractivity contribution in [1.29, 1.82) is 0 Å². The summed E-state index contributed by atoms with van der Waals surface area (Å²) in [5.74, 6) is 0.467. The fraction of sp³-hybridized carbons (Fsp3) is 0.500. The summed E-state index contributed by atoms with van der Waals surface area (Å²) in [4.78, 5) is 14.4. The van der Waals surface area contributed by atoms with Crippen LogP contribution in [0.15, 0.2) is 35.1 Å². The summed E-state index contributed by atoms with van der Waals surface area (Å²) in [6.45, 7) is 5.19. The second kappa shape index (κ2) is 8.46. The molecule has 2 aromatic rings. The average Bonchev–Trinajstić information content (AvgIpc) is 2.82. The van der Waals surface area contributed by atoms with Crippen LogP contribution in [0, 0.1) is 5.92 Å². The van der Waals surface area contributed by atoms with Gasteiger partial charge in [-0.15, -0.1) is 0 Å². The highest BCUT2D eigenvalue weighted by molar-refractivity contribution is 5.27. The Morgan fingerprint density at radius 2 is 2.00 bits per heavy atom. The number of rotatable bonds is 9. The maximum Gasteiger partial charge on any atom is 0.331 e. The number of ether oxygens (including phenoxy) is 1. The number of aromatic nitrogens is 2. The van der Waals surface area contributed by atoms with Crippen molar-refractivity contribution in [2.24, 2.45) is 5.92 Å². The van der Waals surface area contributed by atoms with Gasteiger partial charge in [-0.25, -0.2) is 4.79 Å². The molecular weight excluding hydrogens is 292 g/mol. The van der Waals surface area contributed by atoms with Gasteiger partial charge in [0.2, 0.25) is 0 Å². The largest absolute Gasteiger partial charge is 0.491 e. The van der Waals surface area contributed by atoms with Crippen LogP contribution in [-0.4, -0.2) is 21.3 Å². The molecule has 0 bridgehead atoms. The van der Waals surface area contributed by atoms with Gasteiger partial charge >= 0.3 is 5.69 Å². The van der Waals surface area contributed by atoms with E-state index in [1.165, 1.54) is 4.57 Å². The first kappa shape index (κ1) is 17.2. The van der Waals surface area contributed by atoms with Gasteiger partial charge in [0, 0.05) is 0 Å². The minimum atomic E-state index is -0.358. The molecule has 23 heavy (non-hydrogen) atoms. The van der Waals surface area contributed by atoms with Crippen LogP contribution in [0.3, 0.4) is 0 Å². The van der Waals surface area contributed by atoms with Gasteiger partial charge < -0.3 is 9.84 Å². The molecule has 1 heterocycles. The van der Waals surface area contributed by atoms with Crippen molar-refractivity contribution in [2.75, 3.05) is 6.61 Å². The summed E-state index contributed by atoms with van der Waals surface area (Å²) >= 11 is 0. The summed E-state index contributed by atoms with van der Waals surface area (Å²) < 4.78 is 7.23. The highest BCUT2D eigenvalue weighted by Crippen LogP contribution is 2.24. The molecule has 0 saturated carbocycles. The van der Waals surface area contributed by atoms with Gasteiger partial charge in [-0.05, 0) is 17.9 Å². The van der Waals surface area contributed by atoms with Crippen LogP contribution in [-0.2, 0) is 6.54 Å². The van der Waals surface area contributed by atoms with Crippen LogP contribution in [0.1, 0.15) is 45.1 Å². The number of aromatic amines is 1. The predicted octanol–water partition coefficient (Wildman–Crippen LogP) is 3.53. The van der Waals surface area contributed by atoms with Crippen molar-refractivity contribution >= 4 is 0 Å². The molecule has 1 aromatic carbocycles. The highest BCUT2D eigenvalue weighted by Gasteiger charge is 2.17. The molecule has 1 atom stereocenters. The van der Waals surface area contributed by atoms with Gasteiger partial charge in [-0.1, -0.05) is 63.4 Å². The van der Waals surface area contributed by atoms with Crippen LogP contribution < -0.4 is 10.4 Å². The Labute approximate surface area is 136 Å². The molecule has 0 amide bonds. The number of imidazole rings is 1. The summed E-state index contributed by atoms with van der Waals surface area (Å²) in [5, 5.41) is 9.95. The van der Waals surface area contributed by atoms with E-state index < -0.39 is 0 Å². The Balaban J connectivity index is 2.10. The first-order valence-corrected chi connectivity index (χ1v) is 8.34. The van der Waals surface area contributed by atoms with Crippen molar-refractivity contribution < 1.29 is 9.84 Å². The summed E-state index contributed by atoms with van der Waals surface area (Å²) in [6, 6.07) is 9.65. The average molecular weight is 318 g/mol. The first-order chi connectivity index (χ1) is 11.2. The molecule has 1 unspecified atom stereocenters. The molecule has 0 spiro atoms. The molecule has 0 aliphatic heterocycles. The van der Waals surface area contributed by atoms with Gasteiger partial charge in [0.25, 0.3) is 11.8 Å². The van der Waals surface area contributed by atoms with Crippen LogP contribution in [0.25, 0.3) is 0 Å². The van der Waals surface area contributed by atoms with E-state index in [0.717, 1.165) is 31.2 Å². The number of benzene rings is 1. The third-order valence-electron chi connectivity index (χ3n) is 4.10. The van der Waals surface area contributed by atoms with E-state index in [1.54, 1.807) is 0 Å². The van der Waals surface area contributed by atoms with Crippen LogP contribution >= 0.6 is 0 Å². The Bertz CT molecular complexity index is 646. The number of hydrogen-bond donors (Lipinski definition) is 2. The van der Waals surface area contributed by atoms with Gasteiger partial charge in [0.05, 0.1) is 13.2 Å². The Morgan fingerprint density at radius 3 is 2.65 bits per heavy atom. The van der Waals surface area contributed by atoms with Crippen molar-refractivity contribution in [1.82, 2.24) is 9.55 Å². The summed E-state index contributed by atoms with van der Waals surface area (Å²) in [7, 11) is 0. The van der Waals surface area contributed by atoms with Crippen LogP contribution in [0.2, 0.25) is 0 Å². The van der Waals surface area contributed by atoms with Crippen molar-refractivity contribution in [3.63, 3.8) is 0 Å². The highest BCUT2D eigenvalue weighted by atomic mass is 16.5. The zero-order chi connectivity index (χ0) is 16.7. The molecule has 5 heteroatoms. The van der Waals surface area contributed by atoms with E-state index in [9.17, 15) is 9.90 Å². The third-order valence-corrected chi connectivity index (χ3v) is 4.10. The fourth-order valence-corrected chi connectivity index (χ4v) is 2.59. The molecule has 0 fully saturated rings. The molecule has 0 aliphatic rings. The Kier molecular flexibility index (Phi) is 6.32. The number of H-pyrrole nitrogens is 1. The van der Waals surface area contributed by atoms with E-state index in [-0.39, 0.29) is 17.4 Å². The Hall–Kier alpha value is -2.17. The fourth-order valence-electron chi connectivity index (χ4n) is 2.59. The minimum absolute atomic E-state index is 0.198. The lowest BCUT2D eigenvalue weighted by atomic mass is 10.0. The predicted molar refractivity (Wildman–Crippen MR) is 91.1 cm³/mol. The zero-order valence-corrected chi connectivity index (χ0v) is 13.9. The molecule has 0 aliphatic carbocycles. The second-order valence-electron chi connectivity index (χ2n) is 5.88. The van der Waals surface area contributed by atoms with Crippen molar-refractivity contribution in [3.05, 3.63) is 46.4 Å². The number of unbranched alkanes of at least 4 members (excludes halogenated alkanes) is 1. The van der Waals surface area contributed by atoms with Gasteiger partial charge in [-0.2, -0.15) is 0 Å². The van der Waals surface area contributed by atoms with Crippen LogP contribution in [0.5, 0.6) is 11.8 Å². The quantitative estimate of drug-likeness (QED) is 0.743. The lowest BCUT2D eigenvalue weighted by Gasteiger charge is -2.16. The molecule has 126 valence electrons. The van der Waals surface area contributed by atoms with E-state index in [0.29, 0.717) is 19.1 Å². The molecular formula is C18H26N2O3. The van der Waals surface area contributed by atoms with E-state index >= 15 is 0 Å². The minimum Gasteiger partial charge on any atom is -0.491 e. The zero-order valence-electron chi connectivity index (χ0n) is 13.9. The van der Waals surface area contributed by atoms with Crippen LogP contribution in [0.4, 0.5) is 0 Å². The monoisotopic (exact) mass is 318 g/mol. The maximum atomic E-state index is 12.0. The molecule has 2 rings (SSSR count). The maximum absolute atomic E-state index is 12.0. The SMILES string of the molecule is CCCCC(CC)COc1c(O)[nH]c(=O)n1Cc1ccccc1. The molecule has 5 nitrogen and oxygen atoms in total. The number of nitrogens with one attached hydrogen (secondary N) is 1. The van der Waals surface area contributed by atoms with Crippen molar-refractivity contribution in [3.8, 4) is 11.8 Å². The van der Waals surface area contributed by atoms with E-state index in [4.69, 9.17) is 4.74 Å². The number of hydrogen-bond acceptors (Lipinski definition) is 3. The lowest BCUT2D eigenvalue weighted by molar-refractivity contribution is 0.210.